The van der Waals surface area contributed by atoms with Gasteiger partial charge < -0.3 is 0 Å². The third kappa shape index (κ3) is 277. The Kier molecular flexibility index (Phi) is 30.7. The highest BCUT2D eigenvalue weighted by Crippen LogP contribution is 2.08. The molecule has 0 atom stereocenters. The van der Waals surface area contributed by atoms with Crippen molar-refractivity contribution in [2.24, 2.45) is 11.3 Å². The summed E-state index contributed by atoms with van der Waals surface area (Å²) in [6.07, 6.45) is 10.7. The number of hydrogen-bond acceptors (Lipinski definition) is 0. The third-order valence-corrected chi connectivity index (χ3v) is 0.866. The van der Waals surface area contributed by atoms with Crippen LogP contribution in [0.3, 0.4) is 0 Å². The molecule has 0 nitrogen and oxygen atoms in total. The highest BCUT2D eigenvalue weighted by Gasteiger charge is 1.95. The molecule has 0 bridgehead atoms. The molecule has 0 aromatic heterocycles. The molecule has 0 unspecified atom stereocenters. The van der Waals surface area contributed by atoms with Gasteiger partial charge in [0.1, 0.15) is 0 Å². The average molecular weight is 214 g/mol. The molecule has 15 heavy (non-hydrogen) atoms. The first kappa shape index (κ1) is 24.0. The summed E-state index contributed by atoms with van der Waals surface area (Å²) in [5.41, 5.74) is 0.500. The Morgan fingerprint density at radius 1 is 0.933 bits per heavy atom. The molecule has 0 saturated heterocycles. The van der Waals surface area contributed by atoms with Crippen molar-refractivity contribution in [1.82, 2.24) is 0 Å². The molecule has 0 aromatic carbocycles. The Hall–Kier alpha value is -0.440. The normalized spacial score (nSPS) is 8.53. The average Bonchev–Trinajstić information content (AvgIpc) is 2.08. The van der Waals surface area contributed by atoms with Crippen LogP contribution in [-0.2, 0) is 0 Å². The Bertz CT molecular complexity index is 84.3. The van der Waals surface area contributed by atoms with Crippen LogP contribution in [0.25, 0.3) is 0 Å². The van der Waals surface area contributed by atoms with Crippen LogP contribution < -0.4 is 0 Å². The van der Waals surface area contributed by atoms with Gasteiger partial charge >= 0.3 is 0 Å². The Morgan fingerprint density at radius 2 is 1.13 bits per heavy atom. The molecule has 0 saturated carbocycles. The lowest BCUT2D eigenvalue weighted by atomic mass is 10.0. The largest absolute Gasteiger partial charge is 0.124 e. The smallest absolute Gasteiger partial charge is 0.0411 e. The Morgan fingerprint density at radius 3 is 1.13 bits per heavy atom. The molecule has 0 fully saturated rings. The maximum absolute atomic E-state index is 4.00. The van der Waals surface area contributed by atoms with E-state index in [4.69, 9.17) is 0 Å². The predicted octanol–water partition coefficient (Wildman–Crippen LogP) is 5.77. The molecular formula is C15H34. The maximum atomic E-state index is 4.00. The van der Waals surface area contributed by atoms with Crippen molar-refractivity contribution in [3.63, 3.8) is 0 Å². The van der Waals surface area contributed by atoms with E-state index in [-0.39, 0.29) is 0 Å². The number of rotatable bonds is 2. The summed E-state index contributed by atoms with van der Waals surface area (Å²) in [4.78, 5) is 0. The highest BCUT2D eigenvalue weighted by atomic mass is 14.0. The third-order valence-electron chi connectivity index (χ3n) is 0.866. The van der Waals surface area contributed by atoms with Crippen LogP contribution >= 0.6 is 0 Å². The lowest BCUT2D eigenvalue weighted by Gasteiger charge is -2.05. The van der Waals surface area contributed by atoms with Gasteiger partial charge in [-0.25, -0.2) is 0 Å². The molecule has 0 spiro atoms. The van der Waals surface area contributed by atoms with Gasteiger partial charge in [0, 0.05) is 0 Å². The van der Waals surface area contributed by atoms with E-state index in [0.717, 1.165) is 5.92 Å². The fourth-order valence-corrected chi connectivity index (χ4v) is 0.577. The second kappa shape index (κ2) is 19.2. The fraction of sp³-hybridized carbons (Fsp3) is 0.867. The van der Waals surface area contributed by atoms with Gasteiger partial charge in [-0.1, -0.05) is 75.2 Å². The van der Waals surface area contributed by atoms with Crippen LogP contribution in [0.2, 0.25) is 0 Å². The van der Waals surface area contributed by atoms with Crippen molar-refractivity contribution < 1.29 is 0 Å². The molecule has 0 aliphatic heterocycles. The summed E-state index contributed by atoms with van der Waals surface area (Å²) in [5, 5.41) is 0. The van der Waals surface area contributed by atoms with Gasteiger partial charge in [-0.2, -0.15) is 0 Å². The van der Waals surface area contributed by atoms with Crippen LogP contribution in [0.1, 0.15) is 75.2 Å². The van der Waals surface area contributed by atoms with Gasteiger partial charge in [0.05, 0.1) is 0 Å². The van der Waals surface area contributed by atoms with E-state index in [2.05, 4.69) is 61.3 Å². The van der Waals surface area contributed by atoms with E-state index >= 15 is 0 Å². The first-order valence-corrected chi connectivity index (χ1v) is 6.10. The van der Waals surface area contributed by atoms with Gasteiger partial charge in [0.25, 0.3) is 0 Å². The Balaban J connectivity index is -0.0000000610. The van der Waals surface area contributed by atoms with Gasteiger partial charge in [-0.05, 0) is 11.3 Å². The maximum Gasteiger partial charge on any atom is -0.0411 e. The van der Waals surface area contributed by atoms with E-state index < -0.39 is 0 Å². The molecule has 0 heterocycles. The van der Waals surface area contributed by atoms with Gasteiger partial charge in [0.2, 0.25) is 0 Å². The second-order valence-corrected chi connectivity index (χ2v) is 5.18. The molecule has 0 N–H and O–H groups in total. The van der Waals surface area contributed by atoms with E-state index in [1.165, 1.54) is 12.8 Å². The molecule has 0 amide bonds. The summed E-state index contributed by atoms with van der Waals surface area (Å²) < 4.78 is 0. The van der Waals surface area contributed by atoms with Crippen LogP contribution in [-0.4, -0.2) is 0 Å². The van der Waals surface area contributed by atoms with Gasteiger partial charge in [0.15, 0.2) is 0 Å². The molecule has 0 heteroatoms. The molecule has 0 rings (SSSR count). The van der Waals surface area contributed by atoms with E-state index in [0.29, 0.717) is 5.41 Å². The summed E-state index contributed by atoms with van der Waals surface area (Å²) in [7, 11) is 0. The zero-order chi connectivity index (χ0) is 13.5. The zero-order valence-corrected chi connectivity index (χ0v) is 12.6. The predicted molar refractivity (Wildman–Crippen MR) is 76.1 cm³/mol. The summed E-state index contributed by atoms with van der Waals surface area (Å²) >= 11 is 0. The second-order valence-electron chi connectivity index (χ2n) is 5.18. The van der Waals surface area contributed by atoms with Gasteiger partial charge in [-0.15, -0.1) is 12.8 Å². The van der Waals surface area contributed by atoms with Crippen molar-refractivity contribution in [3.05, 3.63) is 0 Å². The number of terminal acetylenes is 1. The monoisotopic (exact) mass is 214 g/mol. The first-order valence-electron chi connectivity index (χ1n) is 6.10. The minimum Gasteiger partial charge on any atom is -0.124 e. The molecule has 0 aromatic rings. The SMILES string of the molecule is C#C.CC.CC(C)(C)C.CCCC(C)C. The molecule has 0 aliphatic carbocycles. The zero-order valence-electron chi connectivity index (χ0n) is 12.6. The van der Waals surface area contributed by atoms with Crippen molar-refractivity contribution in [1.29, 1.82) is 0 Å². The molecular weight excluding hydrogens is 180 g/mol. The van der Waals surface area contributed by atoms with Crippen LogP contribution in [0, 0.1) is 24.2 Å². The first-order chi connectivity index (χ1) is 6.77. The van der Waals surface area contributed by atoms with Crippen molar-refractivity contribution >= 4 is 0 Å². The highest BCUT2D eigenvalue weighted by molar-refractivity contribution is 4.47. The fourth-order valence-electron chi connectivity index (χ4n) is 0.577. The molecule has 94 valence electrons. The summed E-state index contributed by atoms with van der Waals surface area (Å²) in [6.45, 7) is 19.5. The van der Waals surface area contributed by atoms with E-state index in [1.807, 2.05) is 13.8 Å². The minimum absolute atomic E-state index is 0.500. The standard InChI is InChI=1S/C6H14.C5H12.C2H6.C2H2/c1-4-5-6(2)3;1-5(2,3)4;2*1-2/h6H,4-5H2,1-3H3;1-4H3;1-2H3;1-2H. The van der Waals surface area contributed by atoms with Crippen molar-refractivity contribution in [2.45, 2.75) is 75.2 Å². The molecule has 0 aliphatic rings. The van der Waals surface area contributed by atoms with E-state index in [9.17, 15) is 0 Å². The summed E-state index contributed by atoms with van der Waals surface area (Å²) in [5.74, 6) is 0.898. The van der Waals surface area contributed by atoms with Crippen molar-refractivity contribution in [2.75, 3.05) is 0 Å². The minimum atomic E-state index is 0.500. The topological polar surface area (TPSA) is 0 Å². The lowest BCUT2D eigenvalue weighted by molar-refractivity contribution is 0.469. The van der Waals surface area contributed by atoms with Crippen LogP contribution in [0.15, 0.2) is 0 Å². The molecule has 0 radical (unpaired) electrons. The van der Waals surface area contributed by atoms with Gasteiger partial charge in [-0.3, -0.25) is 0 Å². The van der Waals surface area contributed by atoms with Crippen molar-refractivity contribution in [3.8, 4) is 12.8 Å². The summed E-state index contributed by atoms with van der Waals surface area (Å²) in [6, 6.07) is 0. The van der Waals surface area contributed by atoms with E-state index in [1.54, 1.807) is 0 Å². The quantitative estimate of drug-likeness (QED) is 0.512. The lowest BCUT2D eigenvalue weighted by Crippen LogP contribution is -1.93. The van der Waals surface area contributed by atoms with Crippen LogP contribution in [0.5, 0.6) is 0 Å². The Labute approximate surface area is 99.9 Å². The number of hydrogen-bond donors (Lipinski definition) is 0. The van der Waals surface area contributed by atoms with Crippen LogP contribution in [0.4, 0.5) is 0 Å².